The third-order valence-corrected chi connectivity index (χ3v) is 3.66. The molecule has 92 valence electrons. The Morgan fingerprint density at radius 3 is 2.76 bits per heavy atom. The number of aryl methyl sites for hydroxylation is 1. The fourth-order valence-electron chi connectivity index (χ4n) is 2.51. The first-order valence-corrected chi connectivity index (χ1v) is 6.17. The van der Waals surface area contributed by atoms with Gasteiger partial charge in [0.25, 0.3) is 0 Å². The van der Waals surface area contributed by atoms with E-state index in [1.54, 1.807) is 0 Å². The number of nitrogens with one attached hydrogen (secondary N) is 1. The van der Waals surface area contributed by atoms with Crippen molar-refractivity contribution >= 4 is 5.97 Å². The second kappa shape index (κ2) is 4.88. The van der Waals surface area contributed by atoms with Crippen LogP contribution in [0.25, 0.3) is 0 Å². The summed E-state index contributed by atoms with van der Waals surface area (Å²) in [4.78, 5) is 11.5. The average Bonchev–Trinajstić information content (AvgIpc) is 2.33. The van der Waals surface area contributed by atoms with Gasteiger partial charge in [0, 0.05) is 6.42 Å². The molecule has 2 N–H and O–H groups in total. The number of carboxylic acid groups (broad SMARTS) is 1. The molecule has 0 spiro atoms. The fourth-order valence-corrected chi connectivity index (χ4v) is 2.51. The van der Waals surface area contributed by atoms with Crippen molar-refractivity contribution in [2.75, 3.05) is 6.54 Å². The van der Waals surface area contributed by atoms with E-state index in [0.717, 1.165) is 31.4 Å². The van der Waals surface area contributed by atoms with E-state index in [-0.39, 0.29) is 0 Å². The monoisotopic (exact) mass is 233 g/mol. The summed E-state index contributed by atoms with van der Waals surface area (Å²) in [6.45, 7) is 2.84. The second-order valence-corrected chi connectivity index (χ2v) is 4.87. The van der Waals surface area contributed by atoms with E-state index < -0.39 is 11.5 Å². The minimum Gasteiger partial charge on any atom is -0.480 e. The number of carboxylic acids is 1. The zero-order chi connectivity index (χ0) is 12.3. The number of aliphatic carboxylic acids is 1. The zero-order valence-electron chi connectivity index (χ0n) is 10.2. The summed E-state index contributed by atoms with van der Waals surface area (Å²) in [5, 5.41) is 12.7. The fraction of sp³-hybridized carbons (Fsp3) is 0.500. The standard InChI is InChI=1S/C14H19NO2/c1-11-6-2-3-7-12(11)10-14(13(16)17)8-4-5-9-15-14/h2-3,6-7,15H,4-5,8-10H2,1H3,(H,16,17). The van der Waals surface area contributed by atoms with Gasteiger partial charge in [-0.05, 0) is 43.9 Å². The van der Waals surface area contributed by atoms with Gasteiger partial charge < -0.3 is 10.4 Å². The van der Waals surface area contributed by atoms with Crippen LogP contribution in [0.3, 0.4) is 0 Å². The molecule has 0 saturated carbocycles. The highest BCUT2D eigenvalue weighted by atomic mass is 16.4. The first-order chi connectivity index (χ1) is 8.14. The highest BCUT2D eigenvalue weighted by Crippen LogP contribution is 2.25. The number of rotatable bonds is 3. The quantitative estimate of drug-likeness (QED) is 0.841. The molecular weight excluding hydrogens is 214 g/mol. The molecule has 0 amide bonds. The number of hydrogen-bond acceptors (Lipinski definition) is 2. The Kier molecular flexibility index (Phi) is 3.48. The van der Waals surface area contributed by atoms with Crippen molar-refractivity contribution in [3.63, 3.8) is 0 Å². The maximum atomic E-state index is 11.5. The van der Waals surface area contributed by atoms with Crippen molar-refractivity contribution in [3.8, 4) is 0 Å². The van der Waals surface area contributed by atoms with Gasteiger partial charge in [0.1, 0.15) is 5.54 Å². The van der Waals surface area contributed by atoms with Gasteiger partial charge in [0.2, 0.25) is 0 Å². The number of benzene rings is 1. The van der Waals surface area contributed by atoms with Crippen LogP contribution in [-0.2, 0) is 11.2 Å². The number of piperidine rings is 1. The topological polar surface area (TPSA) is 49.3 Å². The van der Waals surface area contributed by atoms with Crippen LogP contribution < -0.4 is 5.32 Å². The molecule has 1 unspecified atom stereocenters. The van der Waals surface area contributed by atoms with Crippen molar-refractivity contribution in [1.82, 2.24) is 5.32 Å². The summed E-state index contributed by atoms with van der Waals surface area (Å²) in [6.07, 6.45) is 3.36. The van der Waals surface area contributed by atoms with Crippen LogP contribution in [0, 0.1) is 6.92 Å². The van der Waals surface area contributed by atoms with Crippen LogP contribution >= 0.6 is 0 Å². The third-order valence-electron chi connectivity index (χ3n) is 3.66. The molecular formula is C14H19NO2. The number of carbonyl (C=O) groups is 1. The molecule has 1 aromatic carbocycles. The molecule has 0 bridgehead atoms. The van der Waals surface area contributed by atoms with Crippen molar-refractivity contribution in [1.29, 1.82) is 0 Å². The predicted octanol–water partition coefficient (Wildman–Crippen LogP) is 2.13. The van der Waals surface area contributed by atoms with Crippen molar-refractivity contribution in [3.05, 3.63) is 35.4 Å². The summed E-state index contributed by atoms with van der Waals surface area (Å²) in [5.41, 5.74) is 1.54. The van der Waals surface area contributed by atoms with Crippen LogP contribution in [0.1, 0.15) is 30.4 Å². The lowest BCUT2D eigenvalue weighted by molar-refractivity contribution is -0.146. The Balaban J connectivity index is 2.24. The van der Waals surface area contributed by atoms with E-state index in [0.29, 0.717) is 6.42 Å². The Labute approximate surface area is 102 Å². The van der Waals surface area contributed by atoms with Crippen LogP contribution in [0.2, 0.25) is 0 Å². The first-order valence-electron chi connectivity index (χ1n) is 6.17. The van der Waals surface area contributed by atoms with E-state index in [1.807, 2.05) is 31.2 Å². The average molecular weight is 233 g/mol. The lowest BCUT2D eigenvalue weighted by atomic mass is 9.82. The molecule has 1 aliphatic rings. The molecule has 2 rings (SSSR count). The van der Waals surface area contributed by atoms with Crippen LogP contribution in [0.15, 0.2) is 24.3 Å². The van der Waals surface area contributed by atoms with Gasteiger partial charge >= 0.3 is 5.97 Å². The van der Waals surface area contributed by atoms with Gasteiger partial charge in [-0.25, -0.2) is 0 Å². The lowest BCUT2D eigenvalue weighted by Gasteiger charge is -2.35. The second-order valence-electron chi connectivity index (χ2n) is 4.87. The first kappa shape index (κ1) is 12.1. The highest BCUT2D eigenvalue weighted by molar-refractivity contribution is 5.79. The molecule has 1 fully saturated rings. The van der Waals surface area contributed by atoms with Gasteiger partial charge in [-0.2, -0.15) is 0 Å². The van der Waals surface area contributed by atoms with Gasteiger partial charge in [0.05, 0.1) is 0 Å². The van der Waals surface area contributed by atoms with E-state index in [4.69, 9.17) is 0 Å². The molecule has 1 aliphatic heterocycles. The SMILES string of the molecule is Cc1ccccc1CC1(C(=O)O)CCCCN1. The maximum Gasteiger partial charge on any atom is 0.324 e. The Bertz CT molecular complexity index is 408. The molecule has 0 aromatic heterocycles. The molecule has 1 saturated heterocycles. The van der Waals surface area contributed by atoms with E-state index in [2.05, 4.69) is 5.32 Å². The van der Waals surface area contributed by atoms with E-state index in [1.165, 1.54) is 5.56 Å². The lowest BCUT2D eigenvalue weighted by Crippen LogP contribution is -2.56. The Morgan fingerprint density at radius 1 is 1.41 bits per heavy atom. The van der Waals surface area contributed by atoms with Gasteiger partial charge in [-0.15, -0.1) is 0 Å². The van der Waals surface area contributed by atoms with Gasteiger partial charge in [-0.3, -0.25) is 4.79 Å². The molecule has 1 atom stereocenters. The Hall–Kier alpha value is -1.35. The molecule has 1 heterocycles. The molecule has 0 aliphatic carbocycles. The molecule has 3 heteroatoms. The zero-order valence-corrected chi connectivity index (χ0v) is 10.2. The predicted molar refractivity (Wildman–Crippen MR) is 67.1 cm³/mol. The minimum absolute atomic E-state index is 0.578. The molecule has 17 heavy (non-hydrogen) atoms. The Morgan fingerprint density at radius 2 is 2.18 bits per heavy atom. The third kappa shape index (κ3) is 2.50. The van der Waals surface area contributed by atoms with E-state index >= 15 is 0 Å². The maximum absolute atomic E-state index is 11.5. The highest BCUT2D eigenvalue weighted by Gasteiger charge is 2.39. The molecule has 1 aromatic rings. The summed E-state index contributed by atoms with van der Waals surface area (Å²) in [5.74, 6) is -0.722. The normalized spacial score (nSPS) is 24.5. The molecule has 0 radical (unpaired) electrons. The van der Waals surface area contributed by atoms with Gasteiger partial charge in [-0.1, -0.05) is 24.3 Å². The summed E-state index contributed by atoms with van der Waals surface area (Å²) in [7, 11) is 0. The van der Waals surface area contributed by atoms with Crippen molar-refractivity contribution in [2.45, 2.75) is 38.1 Å². The van der Waals surface area contributed by atoms with Crippen LogP contribution in [-0.4, -0.2) is 23.2 Å². The summed E-state index contributed by atoms with van der Waals surface area (Å²) in [6, 6.07) is 8.02. The van der Waals surface area contributed by atoms with E-state index in [9.17, 15) is 9.90 Å². The van der Waals surface area contributed by atoms with Crippen LogP contribution in [0.4, 0.5) is 0 Å². The summed E-state index contributed by atoms with van der Waals surface area (Å²) >= 11 is 0. The summed E-state index contributed by atoms with van der Waals surface area (Å²) < 4.78 is 0. The van der Waals surface area contributed by atoms with Gasteiger partial charge in [0.15, 0.2) is 0 Å². The number of hydrogen-bond donors (Lipinski definition) is 2. The molecule has 3 nitrogen and oxygen atoms in total. The van der Waals surface area contributed by atoms with Crippen molar-refractivity contribution in [2.24, 2.45) is 0 Å². The van der Waals surface area contributed by atoms with Crippen molar-refractivity contribution < 1.29 is 9.90 Å². The smallest absolute Gasteiger partial charge is 0.324 e. The van der Waals surface area contributed by atoms with Crippen LogP contribution in [0.5, 0.6) is 0 Å². The minimum atomic E-state index is -0.760. The largest absolute Gasteiger partial charge is 0.480 e.